The van der Waals surface area contributed by atoms with Crippen LogP contribution in [0.2, 0.25) is 0 Å². The Morgan fingerprint density at radius 2 is 1.80 bits per heavy atom. The van der Waals surface area contributed by atoms with E-state index < -0.39 is 11.7 Å². The molecule has 0 atom stereocenters. The van der Waals surface area contributed by atoms with Gasteiger partial charge in [0.15, 0.2) is 0 Å². The second-order valence-electron chi connectivity index (χ2n) is 9.52. The molecule has 2 aliphatic rings. The SMILES string of the molecule is CCCN1c2cc(F)c(/C=C3/SC(=O)N(CCOc4ccc(C)cc4)C3=O)cc2C(C)=CC1(C)C. The summed E-state index contributed by atoms with van der Waals surface area (Å²) >= 11 is 0.831. The van der Waals surface area contributed by atoms with Crippen LogP contribution in [0.3, 0.4) is 0 Å². The van der Waals surface area contributed by atoms with Gasteiger partial charge in [-0.25, -0.2) is 4.39 Å². The van der Waals surface area contributed by atoms with Gasteiger partial charge in [0.05, 0.1) is 17.0 Å². The third-order valence-corrected chi connectivity index (χ3v) is 7.22. The molecule has 0 unspecified atom stereocenters. The van der Waals surface area contributed by atoms with Gasteiger partial charge in [-0.2, -0.15) is 0 Å². The zero-order valence-corrected chi connectivity index (χ0v) is 21.7. The van der Waals surface area contributed by atoms with E-state index in [0.29, 0.717) is 11.3 Å². The van der Waals surface area contributed by atoms with E-state index in [4.69, 9.17) is 4.74 Å². The summed E-state index contributed by atoms with van der Waals surface area (Å²) in [6.07, 6.45) is 4.62. The predicted molar refractivity (Wildman–Crippen MR) is 141 cm³/mol. The molecule has 0 spiro atoms. The van der Waals surface area contributed by atoms with Gasteiger partial charge >= 0.3 is 0 Å². The fraction of sp³-hybridized carbons (Fsp3) is 0.357. The number of nitrogens with zero attached hydrogens (tertiary/aromatic N) is 2. The Morgan fingerprint density at radius 1 is 1.09 bits per heavy atom. The van der Waals surface area contributed by atoms with Crippen molar-refractivity contribution in [1.82, 2.24) is 4.90 Å². The van der Waals surface area contributed by atoms with E-state index in [9.17, 15) is 9.59 Å². The van der Waals surface area contributed by atoms with E-state index in [1.807, 2.05) is 38.1 Å². The summed E-state index contributed by atoms with van der Waals surface area (Å²) in [5.74, 6) is -0.159. The monoisotopic (exact) mass is 494 g/mol. The smallest absolute Gasteiger partial charge is 0.293 e. The van der Waals surface area contributed by atoms with Crippen LogP contribution in [-0.2, 0) is 4.79 Å². The average molecular weight is 495 g/mol. The number of rotatable bonds is 7. The molecule has 0 radical (unpaired) electrons. The van der Waals surface area contributed by atoms with Gasteiger partial charge in [0.2, 0.25) is 0 Å². The van der Waals surface area contributed by atoms with E-state index in [1.54, 1.807) is 12.1 Å². The number of aryl methyl sites for hydroxylation is 1. The lowest BCUT2D eigenvalue weighted by molar-refractivity contribution is -0.123. The van der Waals surface area contributed by atoms with E-state index in [2.05, 4.69) is 31.7 Å². The number of benzene rings is 2. The number of carbonyl (C=O) groups is 2. The summed E-state index contributed by atoms with van der Waals surface area (Å²) in [7, 11) is 0. The molecule has 0 aliphatic carbocycles. The van der Waals surface area contributed by atoms with Crippen LogP contribution in [0, 0.1) is 12.7 Å². The normalized spacial score (nSPS) is 18.2. The first kappa shape index (κ1) is 25.0. The van der Waals surface area contributed by atoms with Crippen LogP contribution in [0.15, 0.2) is 47.4 Å². The molecule has 35 heavy (non-hydrogen) atoms. The third-order valence-electron chi connectivity index (χ3n) is 6.31. The lowest BCUT2D eigenvalue weighted by atomic mass is 9.87. The number of allylic oxidation sites excluding steroid dienone is 1. The molecule has 2 aliphatic heterocycles. The molecule has 0 saturated carbocycles. The van der Waals surface area contributed by atoms with Crippen LogP contribution in [0.5, 0.6) is 5.75 Å². The number of amides is 2. The third kappa shape index (κ3) is 5.15. The standard InChI is InChI=1S/C28H31FN2O3S/c1-6-11-31-24-16-23(29)20(14-22(24)19(3)17-28(31,4)5)15-25-26(32)30(27(33)35-25)12-13-34-21-9-7-18(2)8-10-21/h7-10,14-17H,6,11-13H2,1-5H3/b25-15+. The summed E-state index contributed by atoms with van der Waals surface area (Å²) in [5, 5.41) is -0.376. The van der Waals surface area contributed by atoms with E-state index in [-0.39, 0.29) is 28.8 Å². The molecule has 2 aromatic rings. The number of carbonyl (C=O) groups excluding carboxylic acids is 2. The Labute approximate surface area is 210 Å². The lowest BCUT2D eigenvalue weighted by Crippen LogP contribution is -2.45. The van der Waals surface area contributed by atoms with E-state index in [1.165, 1.54) is 6.08 Å². The molecule has 1 fully saturated rings. The first-order valence-electron chi connectivity index (χ1n) is 11.9. The molecule has 4 rings (SSSR count). The minimum atomic E-state index is -0.425. The zero-order chi connectivity index (χ0) is 25.3. The number of imide groups is 1. The summed E-state index contributed by atoms with van der Waals surface area (Å²) in [6.45, 7) is 11.5. The quantitative estimate of drug-likeness (QED) is 0.403. The Hall–Kier alpha value is -3.06. The highest BCUT2D eigenvalue weighted by molar-refractivity contribution is 8.18. The molecule has 0 aromatic heterocycles. The van der Waals surface area contributed by atoms with Crippen LogP contribution in [0.1, 0.15) is 50.8 Å². The number of halogens is 1. The number of anilines is 1. The highest BCUT2D eigenvalue weighted by Gasteiger charge is 2.36. The van der Waals surface area contributed by atoms with Crippen LogP contribution in [-0.4, -0.2) is 41.3 Å². The molecule has 2 aromatic carbocycles. The van der Waals surface area contributed by atoms with Gasteiger partial charge in [-0.1, -0.05) is 30.7 Å². The number of thioether (sulfide) groups is 1. The summed E-state index contributed by atoms with van der Waals surface area (Å²) < 4.78 is 20.9. The van der Waals surface area contributed by atoms with Crippen molar-refractivity contribution in [2.75, 3.05) is 24.6 Å². The largest absolute Gasteiger partial charge is 0.492 e. The van der Waals surface area contributed by atoms with Crippen molar-refractivity contribution in [3.63, 3.8) is 0 Å². The van der Waals surface area contributed by atoms with Crippen molar-refractivity contribution < 1.29 is 18.7 Å². The van der Waals surface area contributed by atoms with Crippen molar-refractivity contribution in [2.45, 2.75) is 46.6 Å². The lowest BCUT2D eigenvalue weighted by Gasteiger charge is -2.43. The second-order valence-corrected chi connectivity index (χ2v) is 10.5. The van der Waals surface area contributed by atoms with Gasteiger partial charge < -0.3 is 9.64 Å². The van der Waals surface area contributed by atoms with Crippen molar-refractivity contribution >= 4 is 40.2 Å². The van der Waals surface area contributed by atoms with Gasteiger partial charge in [0.1, 0.15) is 18.2 Å². The Morgan fingerprint density at radius 3 is 2.49 bits per heavy atom. The maximum atomic E-state index is 15.2. The number of ether oxygens (including phenoxy) is 1. The van der Waals surface area contributed by atoms with Gasteiger partial charge in [-0.3, -0.25) is 14.5 Å². The van der Waals surface area contributed by atoms with Crippen LogP contribution in [0.4, 0.5) is 14.9 Å². The fourth-order valence-electron chi connectivity index (χ4n) is 4.58. The van der Waals surface area contributed by atoms with Crippen molar-refractivity contribution in [2.24, 2.45) is 0 Å². The first-order chi connectivity index (χ1) is 16.6. The summed E-state index contributed by atoms with van der Waals surface area (Å²) in [5.41, 5.74) is 4.06. The minimum Gasteiger partial charge on any atom is -0.492 e. The number of hydrogen-bond donors (Lipinski definition) is 0. The van der Waals surface area contributed by atoms with Crippen LogP contribution >= 0.6 is 11.8 Å². The molecule has 2 heterocycles. The van der Waals surface area contributed by atoms with Crippen molar-refractivity contribution in [3.05, 3.63) is 69.9 Å². The number of fused-ring (bicyclic) bond motifs is 1. The molecule has 5 nitrogen and oxygen atoms in total. The molecule has 0 N–H and O–H groups in total. The van der Waals surface area contributed by atoms with Gasteiger partial charge in [0, 0.05) is 23.4 Å². The molecular weight excluding hydrogens is 463 g/mol. The first-order valence-corrected chi connectivity index (χ1v) is 12.7. The average Bonchev–Trinajstić information content (AvgIpc) is 3.06. The maximum absolute atomic E-state index is 15.2. The van der Waals surface area contributed by atoms with Crippen LogP contribution in [0.25, 0.3) is 11.6 Å². The second kappa shape index (κ2) is 9.90. The molecule has 7 heteroatoms. The summed E-state index contributed by atoms with van der Waals surface area (Å²) in [6, 6.07) is 10.9. The van der Waals surface area contributed by atoms with Crippen molar-refractivity contribution in [3.8, 4) is 5.75 Å². The van der Waals surface area contributed by atoms with Crippen LogP contribution < -0.4 is 9.64 Å². The minimum absolute atomic E-state index is 0.130. The highest BCUT2D eigenvalue weighted by Crippen LogP contribution is 2.41. The molecule has 184 valence electrons. The highest BCUT2D eigenvalue weighted by atomic mass is 32.2. The van der Waals surface area contributed by atoms with E-state index in [0.717, 1.165) is 52.0 Å². The molecule has 1 saturated heterocycles. The zero-order valence-electron chi connectivity index (χ0n) is 20.9. The Kier molecular flexibility index (Phi) is 7.08. The molecule has 0 bridgehead atoms. The Bertz CT molecular complexity index is 1220. The van der Waals surface area contributed by atoms with Gasteiger partial charge in [-0.15, -0.1) is 0 Å². The fourth-order valence-corrected chi connectivity index (χ4v) is 5.44. The van der Waals surface area contributed by atoms with E-state index >= 15 is 4.39 Å². The molecular formula is C28H31FN2O3S. The van der Waals surface area contributed by atoms with Gasteiger partial charge in [0.25, 0.3) is 11.1 Å². The summed E-state index contributed by atoms with van der Waals surface area (Å²) in [4.78, 5) is 29.0. The van der Waals surface area contributed by atoms with Gasteiger partial charge in [-0.05, 0) is 81.8 Å². The predicted octanol–water partition coefficient (Wildman–Crippen LogP) is 6.66. The Balaban J connectivity index is 1.53. The number of hydrogen-bond acceptors (Lipinski definition) is 5. The topological polar surface area (TPSA) is 49.9 Å². The maximum Gasteiger partial charge on any atom is 0.293 e. The van der Waals surface area contributed by atoms with Crippen molar-refractivity contribution in [1.29, 1.82) is 0 Å². The molecule has 2 amide bonds.